The zero-order valence-electron chi connectivity index (χ0n) is 11.0. The minimum atomic E-state index is 0.548. The Bertz CT molecular complexity index is 738. The summed E-state index contributed by atoms with van der Waals surface area (Å²) < 4.78 is 1.77. The number of hydrogen-bond acceptors (Lipinski definition) is 4. The summed E-state index contributed by atoms with van der Waals surface area (Å²) in [4.78, 5) is 4.61. The molecule has 0 aliphatic heterocycles. The van der Waals surface area contributed by atoms with Gasteiger partial charge in [0.1, 0.15) is 5.01 Å². The molecule has 0 N–H and O–H groups in total. The van der Waals surface area contributed by atoms with Gasteiger partial charge in [0.2, 0.25) is 0 Å². The van der Waals surface area contributed by atoms with Crippen LogP contribution in [0, 0.1) is 0 Å². The van der Waals surface area contributed by atoms with E-state index in [1.807, 2.05) is 35.8 Å². The number of rotatable bonds is 5. The Morgan fingerprint density at radius 2 is 2.05 bits per heavy atom. The Labute approximate surface area is 136 Å². The number of alkyl halides is 1. The quantitative estimate of drug-likeness (QED) is 0.663. The molecule has 0 fully saturated rings. The highest BCUT2D eigenvalue weighted by atomic mass is 35.5. The zero-order chi connectivity index (χ0) is 14.7. The molecule has 0 saturated heterocycles. The zero-order valence-corrected chi connectivity index (χ0v) is 13.4. The summed E-state index contributed by atoms with van der Waals surface area (Å²) in [7, 11) is 0. The Kier molecular flexibility index (Phi) is 4.53. The lowest BCUT2D eigenvalue weighted by atomic mass is 10.2. The molecule has 2 aromatic heterocycles. The summed E-state index contributed by atoms with van der Waals surface area (Å²) in [5.41, 5.74) is 2.79. The van der Waals surface area contributed by atoms with Crippen molar-refractivity contribution >= 4 is 34.5 Å². The summed E-state index contributed by atoms with van der Waals surface area (Å²) in [6.45, 7) is 0.593. The molecule has 0 amide bonds. The van der Waals surface area contributed by atoms with Crippen molar-refractivity contribution in [3.63, 3.8) is 0 Å². The van der Waals surface area contributed by atoms with Crippen LogP contribution in [-0.2, 0) is 13.0 Å². The average molecular weight is 339 g/mol. The molecule has 0 aliphatic rings. The lowest BCUT2D eigenvalue weighted by molar-refractivity contribution is 0.641. The summed E-state index contributed by atoms with van der Waals surface area (Å²) in [6.07, 6.45) is 2.63. The van der Waals surface area contributed by atoms with Crippen molar-refractivity contribution in [3.05, 3.63) is 52.3 Å². The highest BCUT2D eigenvalue weighted by Crippen LogP contribution is 2.30. The van der Waals surface area contributed by atoms with Crippen molar-refractivity contribution in [3.8, 4) is 10.6 Å². The van der Waals surface area contributed by atoms with E-state index >= 15 is 0 Å². The lowest BCUT2D eigenvalue weighted by Gasteiger charge is -1.99. The second-order valence-electron chi connectivity index (χ2n) is 4.47. The fourth-order valence-corrected chi connectivity index (χ4v) is 3.26. The molecule has 0 aliphatic carbocycles. The van der Waals surface area contributed by atoms with Crippen molar-refractivity contribution in [2.45, 2.75) is 13.0 Å². The summed E-state index contributed by atoms with van der Waals surface area (Å²) in [5, 5.41) is 11.8. The number of halogens is 2. The van der Waals surface area contributed by atoms with Gasteiger partial charge in [-0.25, -0.2) is 9.67 Å². The van der Waals surface area contributed by atoms with Crippen LogP contribution < -0.4 is 0 Å². The van der Waals surface area contributed by atoms with Crippen LogP contribution in [0.25, 0.3) is 10.6 Å². The molecule has 2 heterocycles. The van der Waals surface area contributed by atoms with Gasteiger partial charge < -0.3 is 0 Å². The molecule has 3 rings (SSSR count). The first-order valence-electron chi connectivity index (χ1n) is 6.40. The number of hydrogen-bond donors (Lipinski definition) is 0. The van der Waals surface area contributed by atoms with Crippen molar-refractivity contribution in [1.82, 2.24) is 20.0 Å². The standard InChI is InChI=1S/C14H12Cl2N4S/c15-6-5-10-7-20(19-18-10)8-11-9-21-14(17-11)12-3-1-2-4-13(12)16/h1-4,7,9H,5-6,8H2. The molecular weight excluding hydrogens is 327 g/mol. The second-order valence-corrected chi connectivity index (χ2v) is 6.11. The van der Waals surface area contributed by atoms with Crippen molar-refractivity contribution < 1.29 is 0 Å². The molecule has 0 saturated carbocycles. The molecule has 0 atom stereocenters. The predicted molar refractivity (Wildman–Crippen MR) is 86.1 cm³/mol. The van der Waals surface area contributed by atoms with E-state index in [0.29, 0.717) is 17.4 Å². The van der Waals surface area contributed by atoms with Crippen LogP contribution >= 0.6 is 34.5 Å². The molecule has 21 heavy (non-hydrogen) atoms. The van der Waals surface area contributed by atoms with Crippen molar-refractivity contribution in [2.75, 3.05) is 5.88 Å². The molecule has 0 unspecified atom stereocenters. The maximum Gasteiger partial charge on any atom is 0.125 e. The normalized spacial score (nSPS) is 11.0. The molecule has 3 aromatic rings. The van der Waals surface area contributed by atoms with Gasteiger partial charge in [0.15, 0.2) is 0 Å². The summed E-state index contributed by atoms with van der Waals surface area (Å²) >= 11 is 13.5. The van der Waals surface area contributed by atoms with E-state index in [0.717, 1.165) is 28.4 Å². The fourth-order valence-electron chi connectivity index (χ4n) is 1.93. The van der Waals surface area contributed by atoms with Gasteiger partial charge in [-0.1, -0.05) is 35.0 Å². The van der Waals surface area contributed by atoms with Crippen LogP contribution in [-0.4, -0.2) is 25.9 Å². The molecule has 108 valence electrons. The number of aromatic nitrogens is 4. The van der Waals surface area contributed by atoms with Gasteiger partial charge in [-0.2, -0.15) is 0 Å². The minimum Gasteiger partial charge on any atom is -0.246 e. The van der Waals surface area contributed by atoms with Gasteiger partial charge >= 0.3 is 0 Å². The number of benzene rings is 1. The number of nitrogens with zero attached hydrogens (tertiary/aromatic N) is 4. The highest BCUT2D eigenvalue weighted by molar-refractivity contribution is 7.13. The van der Waals surface area contributed by atoms with E-state index in [1.54, 1.807) is 16.0 Å². The first kappa shape index (κ1) is 14.5. The molecule has 4 nitrogen and oxygen atoms in total. The third kappa shape index (κ3) is 3.43. The molecule has 0 radical (unpaired) electrons. The minimum absolute atomic E-state index is 0.548. The van der Waals surface area contributed by atoms with Gasteiger partial charge in [-0.3, -0.25) is 0 Å². The molecule has 0 spiro atoms. The Hall–Kier alpha value is -1.43. The van der Waals surface area contributed by atoms with Crippen molar-refractivity contribution in [1.29, 1.82) is 0 Å². The van der Waals surface area contributed by atoms with Gasteiger partial charge in [0, 0.05) is 29.4 Å². The monoisotopic (exact) mass is 338 g/mol. The predicted octanol–water partition coefficient (Wildman–Crippen LogP) is 3.88. The maximum atomic E-state index is 6.19. The van der Waals surface area contributed by atoms with Gasteiger partial charge in [0.25, 0.3) is 0 Å². The van der Waals surface area contributed by atoms with E-state index in [2.05, 4.69) is 15.3 Å². The fraction of sp³-hybridized carbons (Fsp3) is 0.214. The number of thiazole rings is 1. The summed E-state index contributed by atoms with van der Waals surface area (Å²) in [6, 6.07) is 7.71. The van der Waals surface area contributed by atoms with Crippen LogP contribution in [0.5, 0.6) is 0 Å². The second kappa shape index (κ2) is 6.56. The van der Waals surface area contributed by atoms with E-state index < -0.39 is 0 Å². The third-order valence-corrected chi connectivity index (χ3v) is 4.36. The highest BCUT2D eigenvalue weighted by Gasteiger charge is 2.09. The first-order chi connectivity index (χ1) is 10.3. The first-order valence-corrected chi connectivity index (χ1v) is 8.20. The van der Waals surface area contributed by atoms with E-state index in [9.17, 15) is 0 Å². The SMILES string of the molecule is ClCCc1cn(Cc2csc(-c3ccccc3Cl)n2)nn1. The van der Waals surface area contributed by atoms with Crippen LogP contribution in [0.2, 0.25) is 5.02 Å². The van der Waals surface area contributed by atoms with E-state index in [4.69, 9.17) is 23.2 Å². The van der Waals surface area contributed by atoms with Crippen molar-refractivity contribution in [2.24, 2.45) is 0 Å². The number of aryl methyl sites for hydroxylation is 1. The lowest BCUT2D eigenvalue weighted by Crippen LogP contribution is -2.00. The Balaban J connectivity index is 1.77. The third-order valence-electron chi connectivity index (χ3n) is 2.92. The van der Waals surface area contributed by atoms with Crippen LogP contribution in [0.4, 0.5) is 0 Å². The average Bonchev–Trinajstić information content (AvgIpc) is 3.10. The molecular formula is C14H12Cl2N4S. The Morgan fingerprint density at radius 3 is 2.86 bits per heavy atom. The van der Waals surface area contributed by atoms with Gasteiger partial charge in [0.05, 0.1) is 23.0 Å². The molecule has 7 heteroatoms. The summed E-state index contributed by atoms with van der Waals surface area (Å²) in [5.74, 6) is 0.548. The largest absolute Gasteiger partial charge is 0.246 e. The van der Waals surface area contributed by atoms with E-state index in [1.165, 1.54) is 0 Å². The topological polar surface area (TPSA) is 43.6 Å². The van der Waals surface area contributed by atoms with E-state index in [-0.39, 0.29) is 0 Å². The Morgan fingerprint density at radius 1 is 1.19 bits per heavy atom. The van der Waals surface area contributed by atoms with Crippen LogP contribution in [0.1, 0.15) is 11.4 Å². The van der Waals surface area contributed by atoms with Crippen LogP contribution in [0.15, 0.2) is 35.8 Å². The smallest absolute Gasteiger partial charge is 0.125 e. The van der Waals surface area contributed by atoms with Gasteiger partial charge in [-0.05, 0) is 6.07 Å². The van der Waals surface area contributed by atoms with Gasteiger partial charge in [-0.15, -0.1) is 28.0 Å². The van der Waals surface area contributed by atoms with Crippen LogP contribution in [0.3, 0.4) is 0 Å². The molecule has 1 aromatic carbocycles. The maximum absolute atomic E-state index is 6.19. The molecule has 0 bridgehead atoms.